The maximum atomic E-state index is 12.2. The van der Waals surface area contributed by atoms with E-state index in [9.17, 15) is 4.79 Å². The highest BCUT2D eigenvalue weighted by molar-refractivity contribution is 5.92. The highest BCUT2D eigenvalue weighted by Crippen LogP contribution is 2.29. The number of nitrogens with zero attached hydrogens (tertiary/aromatic N) is 3. The van der Waals surface area contributed by atoms with Gasteiger partial charge in [0.15, 0.2) is 5.69 Å². The van der Waals surface area contributed by atoms with Crippen LogP contribution in [-0.2, 0) is 0 Å². The van der Waals surface area contributed by atoms with Gasteiger partial charge < -0.3 is 16.4 Å². The van der Waals surface area contributed by atoms with Gasteiger partial charge in [-0.25, -0.2) is 0 Å². The number of nitrogens with two attached hydrogens (primary N) is 2. The summed E-state index contributed by atoms with van der Waals surface area (Å²) >= 11 is 0. The standard InChI is InChI=1S/C12H19N5O/c1-12(8-13)4-6-17(7-5-12)11(18)9-2-3-10(14)16-15-9/h2-3H,4-8,13H2,1H3,(H2,14,16). The number of anilines is 1. The molecule has 1 aliphatic heterocycles. The third-order valence-electron chi connectivity index (χ3n) is 3.65. The van der Waals surface area contributed by atoms with Gasteiger partial charge in [0.1, 0.15) is 5.82 Å². The van der Waals surface area contributed by atoms with Crippen LogP contribution in [0.1, 0.15) is 30.3 Å². The minimum absolute atomic E-state index is 0.0819. The first-order valence-electron chi connectivity index (χ1n) is 6.13. The van der Waals surface area contributed by atoms with Crippen molar-refractivity contribution in [2.24, 2.45) is 11.1 Å². The van der Waals surface area contributed by atoms with Crippen molar-refractivity contribution in [3.8, 4) is 0 Å². The summed E-state index contributed by atoms with van der Waals surface area (Å²) in [4.78, 5) is 14.0. The van der Waals surface area contributed by atoms with Gasteiger partial charge in [-0.1, -0.05) is 6.92 Å². The van der Waals surface area contributed by atoms with Gasteiger partial charge in [0.25, 0.3) is 5.91 Å². The first-order chi connectivity index (χ1) is 8.54. The van der Waals surface area contributed by atoms with Gasteiger partial charge in [0.05, 0.1) is 0 Å². The fourth-order valence-corrected chi connectivity index (χ4v) is 2.07. The molecule has 0 aliphatic carbocycles. The maximum Gasteiger partial charge on any atom is 0.274 e. The second kappa shape index (κ2) is 4.89. The highest BCUT2D eigenvalue weighted by atomic mass is 16.2. The van der Waals surface area contributed by atoms with Crippen molar-refractivity contribution in [2.45, 2.75) is 19.8 Å². The van der Waals surface area contributed by atoms with Gasteiger partial charge in [0.2, 0.25) is 0 Å². The molecule has 6 heteroatoms. The number of hydrogen-bond donors (Lipinski definition) is 2. The minimum Gasteiger partial charge on any atom is -0.382 e. The predicted octanol–water partition coefficient (Wildman–Crippen LogP) is 0.260. The van der Waals surface area contributed by atoms with Gasteiger partial charge in [-0.3, -0.25) is 4.79 Å². The van der Waals surface area contributed by atoms with Crippen LogP contribution in [0, 0.1) is 5.41 Å². The zero-order valence-corrected chi connectivity index (χ0v) is 10.6. The Hall–Kier alpha value is -1.69. The number of carbonyl (C=O) groups is 1. The first-order valence-corrected chi connectivity index (χ1v) is 6.13. The average Bonchev–Trinajstić information content (AvgIpc) is 2.40. The second-order valence-electron chi connectivity index (χ2n) is 5.15. The number of carbonyl (C=O) groups excluding carboxylic acids is 1. The average molecular weight is 249 g/mol. The summed E-state index contributed by atoms with van der Waals surface area (Å²) in [7, 11) is 0. The van der Waals surface area contributed by atoms with Crippen molar-refractivity contribution < 1.29 is 4.79 Å². The maximum absolute atomic E-state index is 12.2. The lowest BCUT2D eigenvalue weighted by molar-refractivity contribution is 0.0610. The smallest absolute Gasteiger partial charge is 0.274 e. The van der Waals surface area contributed by atoms with Crippen LogP contribution in [0.5, 0.6) is 0 Å². The van der Waals surface area contributed by atoms with E-state index in [0.717, 1.165) is 25.9 Å². The van der Waals surface area contributed by atoms with Gasteiger partial charge in [0, 0.05) is 13.1 Å². The third kappa shape index (κ3) is 2.59. The van der Waals surface area contributed by atoms with Crippen LogP contribution >= 0.6 is 0 Å². The molecule has 4 N–H and O–H groups in total. The Balaban J connectivity index is 2.01. The molecule has 0 unspecified atom stereocenters. The van der Waals surface area contributed by atoms with Gasteiger partial charge >= 0.3 is 0 Å². The quantitative estimate of drug-likeness (QED) is 0.783. The van der Waals surface area contributed by atoms with Crippen molar-refractivity contribution in [1.82, 2.24) is 15.1 Å². The summed E-state index contributed by atoms with van der Waals surface area (Å²) in [5.74, 6) is 0.238. The second-order valence-corrected chi connectivity index (χ2v) is 5.15. The Morgan fingerprint density at radius 1 is 1.39 bits per heavy atom. The number of amides is 1. The predicted molar refractivity (Wildman–Crippen MR) is 68.7 cm³/mol. The van der Waals surface area contributed by atoms with E-state index < -0.39 is 0 Å². The Morgan fingerprint density at radius 3 is 2.56 bits per heavy atom. The van der Waals surface area contributed by atoms with Crippen molar-refractivity contribution in [1.29, 1.82) is 0 Å². The normalized spacial score (nSPS) is 18.7. The topological polar surface area (TPSA) is 98.1 Å². The lowest BCUT2D eigenvalue weighted by Gasteiger charge is -2.38. The molecule has 2 heterocycles. The molecule has 2 rings (SSSR count). The monoisotopic (exact) mass is 249 g/mol. The Kier molecular flexibility index (Phi) is 3.47. The van der Waals surface area contributed by atoms with Crippen molar-refractivity contribution >= 4 is 11.7 Å². The van der Waals surface area contributed by atoms with E-state index in [-0.39, 0.29) is 11.3 Å². The van der Waals surface area contributed by atoms with E-state index in [2.05, 4.69) is 17.1 Å². The lowest BCUT2D eigenvalue weighted by atomic mass is 9.80. The molecule has 0 atom stereocenters. The molecule has 6 nitrogen and oxygen atoms in total. The van der Waals surface area contributed by atoms with E-state index in [1.165, 1.54) is 0 Å². The van der Waals surface area contributed by atoms with Crippen molar-refractivity contribution in [2.75, 3.05) is 25.4 Å². The SMILES string of the molecule is CC1(CN)CCN(C(=O)c2ccc(N)nn2)CC1. The summed E-state index contributed by atoms with van der Waals surface area (Å²) in [6.07, 6.45) is 1.86. The molecule has 1 amide bonds. The first kappa shape index (κ1) is 12.8. The molecule has 18 heavy (non-hydrogen) atoms. The van der Waals surface area contributed by atoms with Crippen LogP contribution in [-0.4, -0.2) is 40.6 Å². The van der Waals surface area contributed by atoms with E-state index >= 15 is 0 Å². The number of likely N-dealkylation sites (tertiary alicyclic amines) is 1. The summed E-state index contributed by atoms with van der Waals surface area (Å²) in [6, 6.07) is 3.20. The molecule has 0 aromatic carbocycles. The highest BCUT2D eigenvalue weighted by Gasteiger charge is 2.31. The van der Waals surface area contributed by atoms with Crippen LogP contribution in [0.25, 0.3) is 0 Å². The van der Waals surface area contributed by atoms with Crippen LogP contribution in [0.2, 0.25) is 0 Å². The van der Waals surface area contributed by atoms with Crippen LogP contribution in [0.4, 0.5) is 5.82 Å². The van der Waals surface area contributed by atoms with Crippen molar-refractivity contribution in [3.63, 3.8) is 0 Å². The van der Waals surface area contributed by atoms with E-state index in [1.54, 1.807) is 17.0 Å². The zero-order chi connectivity index (χ0) is 13.2. The molecule has 0 radical (unpaired) electrons. The van der Waals surface area contributed by atoms with Gasteiger partial charge in [-0.2, -0.15) is 0 Å². The fourth-order valence-electron chi connectivity index (χ4n) is 2.07. The summed E-state index contributed by atoms with van der Waals surface area (Å²) in [6.45, 7) is 4.27. The number of rotatable bonds is 2. The molecular formula is C12H19N5O. The third-order valence-corrected chi connectivity index (χ3v) is 3.65. The lowest BCUT2D eigenvalue weighted by Crippen LogP contribution is -2.45. The van der Waals surface area contributed by atoms with Crippen LogP contribution in [0.3, 0.4) is 0 Å². The van der Waals surface area contributed by atoms with E-state index in [4.69, 9.17) is 11.5 Å². The Morgan fingerprint density at radius 2 is 2.06 bits per heavy atom. The molecule has 0 spiro atoms. The van der Waals surface area contributed by atoms with Crippen molar-refractivity contribution in [3.05, 3.63) is 17.8 Å². The number of aromatic nitrogens is 2. The fraction of sp³-hybridized carbons (Fsp3) is 0.583. The molecule has 0 saturated carbocycles. The van der Waals surface area contributed by atoms with E-state index in [0.29, 0.717) is 18.1 Å². The summed E-state index contributed by atoms with van der Waals surface area (Å²) in [5.41, 5.74) is 11.7. The Labute approximate surface area is 106 Å². The van der Waals surface area contributed by atoms with Crippen LogP contribution < -0.4 is 11.5 Å². The molecule has 1 saturated heterocycles. The van der Waals surface area contributed by atoms with Gasteiger partial charge in [-0.15, -0.1) is 10.2 Å². The summed E-state index contributed by atoms with van der Waals surface area (Å²) in [5, 5.41) is 7.52. The number of hydrogen-bond acceptors (Lipinski definition) is 5. The van der Waals surface area contributed by atoms with Crippen LogP contribution in [0.15, 0.2) is 12.1 Å². The minimum atomic E-state index is -0.0819. The van der Waals surface area contributed by atoms with Gasteiger partial charge in [-0.05, 0) is 36.9 Å². The number of piperidine rings is 1. The molecule has 1 aromatic rings. The molecule has 98 valence electrons. The summed E-state index contributed by atoms with van der Waals surface area (Å²) < 4.78 is 0. The number of nitrogen functional groups attached to an aromatic ring is 1. The molecular weight excluding hydrogens is 230 g/mol. The molecule has 0 bridgehead atoms. The molecule has 1 fully saturated rings. The largest absolute Gasteiger partial charge is 0.382 e. The zero-order valence-electron chi connectivity index (χ0n) is 10.6. The van der Waals surface area contributed by atoms with E-state index in [1.807, 2.05) is 0 Å². The Bertz CT molecular complexity index is 423. The molecule has 1 aliphatic rings. The molecule has 1 aromatic heterocycles.